The molecule has 1 saturated heterocycles. The number of benzene rings is 2. The normalized spacial score (nSPS) is 13.9. The molecule has 0 spiro atoms. The minimum atomic E-state index is -1.02. The molecule has 3 aromatic rings. The van der Waals surface area contributed by atoms with E-state index in [9.17, 15) is 9.59 Å². The van der Waals surface area contributed by atoms with E-state index < -0.39 is 5.97 Å². The Kier molecular flexibility index (Phi) is 10.3. The van der Waals surface area contributed by atoms with Crippen LogP contribution < -0.4 is 4.74 Å². The van der Waals surface area contributed by atoms with Gasteiger partial charge in [0.25, 0.3) is 0 Å². The predicted molar refractivity (Wildman–Crippen MR) is 141 cm³/mol. The summed E-state index contributed by atoms with van der Waals surface area (Å²) in [5.41, 5.74) is 3.42. The molecule has 1 aliphatic rings. The number of hydrogen-bond acceptors (Lipinski definition) is 5. The second-order valence-electron chi connectivity index (χ2n) is 8.43. The predicted octanol–water partition coefficient (Wildman–Crippen LogP) is 4.19. The first-order valence-electron chi connectivity index (χ1n) is 11.8. The highest BCUT2D eigenvalue weighted by atomic mass is 35.5. The molecule has 1 aromatic heterocycles. The molecule has 0 saturated carbocycles. The van der Waals surface area contributed by atoms with Crippen LogP contribution in [0.5, 0.6) is 5.75 Å². The number of ketones is 1. The number of rotatable bonds is 11. The van der Waals surface area contributed by atoms with Crippen LogP contribution in [-0.2, 0) is 22.5 Å². The van der Waals surface area contributed by atoms with Gasteiger partial charge in [-0.3, -0.25) is 9.69 Å². The van der Waals surface area contributed by atoms with Crippen LogP contribution in [0.4, 0.5) is 0 Å². The van der Waals surface area contributed by atoms with Gasteiger partial charge in [0, 0.05) is 37.9 Å². The van der Waals surface area contributed by atoms with Gasteiger partial charge in [-0.2, -0.15) is 0 Å². The fraction of sp³-hybridized carbons (Fsp3) is 0.286. The number of halogens is 1. The van der Waals surface area contributed by atoms with Crippen molar-refractivity contribution in [3.8, 4) is 5.75 Å². The first-order chi connectivity index (χ1) is 17.1. The Balaban J connectivity index is 0.00000361. The van der Waals surface area contributed by atoms with Gasteiger partial charge in [0.1, 0.15) is 5.75 Å². The molecule has 1 fully saturated rings. The van der Waals surface area contributed by atoms with Crippen LogP contribution >= 0.6 is 12.4 Å². The summed E-state index contributed by atoms with van der Waals surface area (Å²) in [7, 11) is 0. The number of aromatic nitrogens is 1. The number of hydrogen-bond donors (Lipinski definition) is 1. The third kappa shape index (κ3) is 7.81. The smallest absolute Gasteiger partial charge is 0.341 e. The molecular weight excluding hydrogens is 480 g/mol. The number of allylic oxidation sites excluding steroid dienone is 1. The van der Waals surface area contributed by atoms with E-state index in [1.807, 2.05) is 71.4 Å². The Hall–Kier alpha value is -3.39. The highest BCUT2D eigenvalue weighted by molar-refractivity contribution is 6.08. The van der Waals surface area contributed by atoms with Gasteiger partial charge in [-0.15, -0.1) is 12.4 Å². The lowest BCUT2D eigenvalue weighted by atomic mass is 10.0. The second-order valence-corrected chi connectivity index (χ2v) is 8.43. The van der Waals surface area contributed by atoms with E-state index in [1.54, 1.807) is 12.1 Å². The molecular formula is C28H31ClN2O5. The van der Waals surface area contributed by atoms with E-state index in [0.717, 1.165) is 44.8 Å². The van der Waals surface area contributed by atoms with Crippen molar-refractivity contribution >= 4 is 30.2 Å². The number of morpholine rings is 1. The SMILES string of the molecule is Cl.O=C(O)COc1cccc(/C=C/Cn2cccc2C(=O)c2ccc(CCN3CCOCC3)cc2)c1. The van der Waals surface area contributed by atoms with Crippen molar-refractivity contribution in [2.45, 2.75) is 13.0 Å². The van der Waals surface area contributed by atoms with Gasteiger partial charge in [0.2, 0.25) is 5.78 Å². The number of carbonyl (C=O) groups excluding carboxylic acids is 1. The number of nitrogens with zero attached hydrogens (tertiary/aromatic N) is 2. The van der Waals surface area contributed by atoms with Crippen LogP contribution in [0.25, 0.3) is 6.08 Å². The van der Waals surface area contributed by atoms with Gasteiger partial charge < -0.3 is 19.1 Å². The van der Waals surface area contributed by atoms with Crippen LogP contribution in [0.1, 0.15) is 27.2 Å². The summed E-state index contributed by atoms with van der Waals surface area (Å²) < 4.78 is 12.5. The van der Waals surface area contributed by atoms with Gasteiger partial charge >= 0.3 is 5.97 Å². The lowest BCUT2D eigenvalue weighted by Gasteiger charge is -2.26. The fourth-order valence-corrected chi connectivity index (χ4v) is 4.02. The average molecular weight is 511 g/mol. The Labute approximate surface area is 217 Å². The molecule has 36 heavy (non-hydrogen) atoms. The molecule has 0 aliphatic carbocycles. The zero-order valence-corrected chi connectivity index (χ0v) is 20.9. The Bertz CT molecular complexity index is 1170. The van der Waals surface area contributed by atoms with Crippen LogP contribution in [0, 0.1) is 0 Å². The standard InChI is InChI=1S/C28H30N2O5.ClH/c31-27(32)21-35-25-6-1-4-23(20-25)5-2-13-30-14-3-7-26(30)28(33)24-10-8-22(9-11-24)12-15-29-16-18-34-19-17-29;/h1-11,14,20H,12-13,15-19,21H2,(H,31,32);1H/b5-2+;. The lowest BCUT2D eigenvalue weighted by molar-refractivity contribution is -0.139. The monoisotopic (exact) mass is 510 g/mol. The van der Waals surface area contributed by atoms with Crippen molar-refractivity contribution in [1.29, 1.82) is 0 Å². The molecule has 1 aliphatic heterocycles. The molecule has 0 atom stereocenters. The van der Waals surface area contributed by atoms with E-state index >= 15 is 0 Å². The van der Waals surface area contributed by atoms with Crippen molar-refractivity contribution < 1.29 is 24.2 Å². The molecule has 8 heteroatoms. The maximum Gasteiger partial charge on any atom is 0.341 e. The van der Waals surface area contributed by atoms with E-state index in [0.29, 0.717) is 23.6 Å². The van der Waals surface area contributed by atoms with Crippen molar-refractivity contribution in [3.63, 3.8) is 0 Å². The maximum atomic E-state index is 13.1. The van der Waals surface area contributed by atoms with Crippen LogP contribution in [0.3, 0.4) is 0 Å². The lowest BCUT2D eigenvalue weighted by Crippen LogP contribution is -2.37. The number of carbonyl (C=O) groups is 2. The summed E-state index contributed by atoms with van der Waals surface area (Å²) in [6.45, 7) is 4.72. The summed E-state index contributed by atoms with van der Waals surface area (Å²) >= 11 is 0. The highest BCUT2D eigenvalue weighted by Crippen LogP contribution is 2.16. The van der Waals surface area contributed by atoms with Gasteiger partial charge in [-0.25, -0.2) is 4.79 Å². The van der Waals surface area contributed by atoms with Crippen molar-refractivity contribution in [3.05, 3.63) is 95.3 Å². The zero-order valence-electron chi connectivity index (χ0n) is 20.0. The highest BCUT2D eigenvalue weighted by Gasteiger charge is 2.14. The number of aliphatic carboxylic acids is 1. The molecule has 0 bridgehead atoms. The van der Waals surface area contributed by atoms with E-state index in [-0.39, 0.29) is 24.8 Å². The van der Waals surface area contributed by atoms with Crippen LogP contribution in [0.2, 0.25) is 0 Å². The third-order valence-corrected chi connectivity index (χ3v) is 5.93. The molecule has 0 radical (unpaired) electrons. The molecule has 190 valence electrons. The minimum absolute atomic E-state index is 0. The number of carboxylic acid groups (broad SMARTS) is 1. The van der Waals surface area contributed by atoms with Gasteiger partial charge in [0.05, 0.1) is 18.9 Å². The summed E-state index contributed by atoms with van der Waals surface area (Å²) in [5.74, 6) is -0.523. The van der Waals surface area contributed by atoms with Gasteiger partial charge in [-0.1, -0.05) is 48.6 Å². The number of ether oxygens (including phenoxy) is 2. The van der Waals surface area contributed by atoms with Gasteiger partial charge in [-0.05, 0) is 41.8 Å². The fourth-order valence-electron chi connectivity index (χ4n) is 4.02. The van der Waals surface area contributed by atoms with E-state index in [1.165, 1.54) is 5.56 Å². The zero-order chi connectivity index (χ0) is 24.5. The Morgan fingerprint density at radius 1 is 1.03 bits per heavy atom. The van der Waals surface area contributed by atoms with Crippen molar-refractivity contribution in [2.24, 2.45) is 0 Å². The van der Waals surface area contributed by atoms with Crippen LogP contribution in [0.15, 0.2) is 72.9 Å². The van der Waals surface area contributed by atoms with Crippen molar-refractivity contribution in [1.82, 2.24) is 9.47 Å². The second kappa shape index (κ2) is 13.6. The minimum Gasteiger partial charge on any atom is -0.482 e. The Morgan fingerprint density at radius 3 is 2.56 bits per heavy atom. The molecule has 2 heterocycles. The van der Waals surface area contributed by atoms with Crippen LogP contribution in [-0.4, -0.2) is 65.8 Å². The molecule has 4 rings (SSSR count). The summed E-state index contributed by atoms with van der Waals surface area (Å²) in [6, 6.07) is 18.8. The molecule has 1 N–H and O–H groups in total. The molecule has 0 amide bonds. The Morgan fingerprint density at radius 2 is 1.81 bits per heavy atom. The third-order valence-electron chi connectivity index (χ3n) is 5.93. The van der Waals surface area contributed by atoms with Crippen molar-refractivity contribution in [2.75, 3.05) is 39.5 Å². The topological polar surface area (TPSA) is 81.0 Å². The molecule has 7 nitrogen and oxygen atoms in total. The first-order valence-corrected chi connectivity index (χ1v) is 11.8. The summed E-state index contributed by atoms with van der Waals surface area (Å²) in [4.78, 5) is 26.2. The van der Waals surface area contributed by atoms with E-state index in [2.05, 4.69) is 4.90 Å². The number of carboxylic acids is 1. The largest absolute Gasteiger partial charge is 0.482 e. The van der Waals surface area contributed by atoms with E-state index in [4.69, 9.17) is 14.6 Å². The summed E-state index contributed by atoms with van der Waals surface area (Å²) in [6.07, 6.45) is 6.73. The first kappa shape index (κ1) is 27.2. The maximum absolute atomic E-state index is 13.1. The quantitative estimate of drug-likeness (QED) is 0.389. The average Bonchev–Trinajstić information content (AvgIpc) is 3.35. The van der Waals surface area contributed by atoms with Gasteiger partial charge in [0.15, 0.2) is 6.61 Å². The molecule has 0 unspecified atom stereocenters. The molecule has 2 aromatic carbocycles. The summed E-state index contributed by atoms with van der Waals surface area (Å²) in [5, 5.41) is 8.76.